The predicted octanol–water partition coefficient (Wildman–Crippen LogP) is 3.27. The molecule has 3 rings (SSSR count). The molecule has 0 unspecified atom stereocenters. The summed E-state index contributed by atoms with van der Waals surface area (Å²) in [5.74, 6) is 0.950. The minimum absolute atomic E-state index is 0.686. The molecule has 2 fully saturated rings. The standard InChI is InChI=1S/C14H22N2O/c1-2-7-14(6-1)8-3-12(4-9-14)15-11-13-5-10-16-17-13/h5,10,12,15H,1-4,6-9,11H2. The number of rotatable bonds is 3. The summed E-state index contributed by atoms with van der Waals surface area (Å²) in [6.45, 7) is 0.831. The van der Waals surface area contributed by atoms with Crippen LogP contribution < -0.4 is 5.32 Å². The molecule has 17 heavy (non-hydrogen) atoms. The summed E-state index contributed by atoms with van der Waals surface area (Å²) in [4.78, 5) is 0. The lowest BCUT2D eigenvalue weighted by atomic mass is 9.71. The fourth-order valence-corrected chi connectivity index (χ4v) is 3.64. The van der Waals surface area contributed by atoms with Crippen molar-refractivity contribution < 1.29 is 4.52 Å². The summed E-state index contributed by atoms with van der Waals surface area (Å²) in [7, 11) is 0. The maximum Gasteiger partial charge on any atom is 0.150 e. The zero-order valence-electron chi connectivity index (χ0n) is 10.5. The van der Waals surface area contributed by atoms with E-state index in [2.05, 4.69) is 10.5 Å². The second-order valence-electron chi connectivity index (χ2n) is 5.84. The fraction of sp³-hybridized carbons (Fsp3) is 0.786. The van der Waals surface area contributed by atoms with Gasteiger partial charge in [-0.1, -0.05) is 18.0 Å². The highest BCUT2D eigenvalue weighted by Gasteiger charge is 2.37. The summed E-state index contributed by atoms with van der Waals surface area (Å²) in [5.41, 5.74) is 0.740. The van der Waals surface area contributed by atoms with Crippen LogP contribution in [0.1, 0.15) is 57.1 Å². The summed E-state index contributed by atoms with van der Waals surface area (Å²) in [6.07, 6.45) is 13.2. The molecule has 0 radical (unpaired) electrons. The Morgan fingerprint density at radius 3 is 2.65 bits per heavy atom. The molecule has 0 saturated heterocycles. The molecular weight excluding hydrogens is 212 g/mol. The second-order valence-corrected chi connectivity index (χ2v) is 5.84. The van der Waals surface area contributed by atoms with Crippen molar-refractivity contribution in [1.82, 2.24) is 10.5 Å². The van der Waals surface area contributed by atoms with E-state index >= 15 is 0 Å². The van der Waals surface area contributed by atoms with Crippen LogP contribution in [-0.4, -0.2) is 11.2 Å². The van der Waals surface area contributed by atoms with E-state index in [1.54, 1.807) is 6.20 Å². The van der Waals surface area contributed by atoms with E-state index in [9.17, 15) is 0 Å². The van der Waals surface area contributed by atoms with Crippen LogP contribution in [0.3, 0.4) is 0 Å². The van der Waals surface area contributed by atoms with Gasteiger partial charge in [0, 0.05) is 12.1 Å². The quantitative estimate of drug-likeness (QED) is 0.872. The first-order valence-electron chi connectivity index (χ1n) is 6.99. The number of aromatic nitrogens is 1. The fourth-order valence-electron chi connectivity index (χ4n) is 3.64. The lowest BCUT2D eigenvalue weighted by molar-refractivity contribution is 0.166. The summed E-state index contributed by atoms with van der Waals surface area (Å²) >= 11 is 0. The van der Waals surface area contributed by atoms with E-state index in [0.29, 0.717) is 6.04 Å². The Hall–Kier alpha value is -0.830. The SMILES string of the molecule is c1cc(CNC2CCC3(CCCC3)CC2)on1. The lowest BCUT2D eigenvalue weighted by Crippen LogP contribution is -2.36. The summed E-state index contributed by atoms with van der Waals surface area (Å²) < 4.78 is 5.11. The molecule has 3 nitrogen and oxygen atoms in total. The molecular formula is C14H22N2O. The van der Waals surface area contributed by atoms with Crippen LogP contribution in [0.15, 0.2) is 16.8 Å². The molecule has 94 valence electrons. The van der Waals surface area contributed by atoms with Crippen LogP contribution in [-0.2, 0) is 6.54 Å². The van der Waals surface area contributed by atoms with Gasteiger partial charge in [-0.3, -0.25) is 0 Å². The van der Waals surface area contributed by atoms with Crippen molar-refractivity contribution in [2.45, 2.75) is 64.0 Å². The smallest absolute Gasteiger partial charge is 0.150 e. The van der Waals surface area contributed by atoms with E-state index in [-0.39, 0.29) is 0 Å². The Bertz CT molecular complexity index is 331. The molecule has 0 atom stereocenters. The molecule has 1 heterocycles. The minimum Gasteiger partial charge on any atom is -0.360 e. The van der Waals surface area contributed by atoms with Crippen LogP contribution in [0, 0.1) is 5.41 Å². The van der Waals surface area contributed by atoms with E-state index < -0.39 is 0 Å². The molecule has 2 aliphatic carbocycles. The molecule has 1 spiro atoms. The van der Waals surface area contributed by atoms with Gasteiger partial charge in [0.2, 0.25) is 0 Å². The third kappa shape index (κ3) is 2.54. The molecule has 0 amide bonds. The van der Waals surface area contributed by atoms with Gasteiger partial charge in [-0.25, -0.2) is 0 Å². The molecule has 0 bridgehead atoms. The maximum absolute atomic E-state index is 5.11. The van der Waals surface area contributed by atoms with Gasteiger partial charge in [0.15, 0.2) is 0 Å². The molecule has 1 N–H and O–H groups in total. The van der Waals surface area contributed by atoms with Gasteiger partial charge in [0.25, 0.3) is 0 Å². The first-order chi connectivity index (χ1) is 8.36. The van der Waals surface area contributed by atoms with E-state index in [4.69, 9.17) is 4.52 Å². The summed E-state index contributed by atoms with van der Waals surface area (Å²) in [6, 6.07) is 2.63. The van der Waals surface area contributed by atoms with Crippen LogP contribution in [0.25, 0.3) is 0 Å². The Labute approximate surface area is 103 Å². The molecule has 1 aromatic rings. The molecule has 0 aromatic carbocycles. The van der Waals surface area contributed by atoms with Crippen molar-refractivity contribution in [3.05, 3.63) is 18.0 Å². The average molecular weight is 234 g/mol. The minimum atomic E-state index is 0.686. The highest BCUT2D eigenvalue weighted by molar-refractivity contribution is 4.95. The number of hydrogen-bond acceptors (Lipinski definition) is 3. The zero-order chi connectivity index (χ0) is 11.6. The average Bonchev–Trinajstić information content (AvgIpc) is 3.01. The first kappa shape index (κ1) is 11.3. The number of hydrogen-bond donors (Lipinski definition) is 1. The Kier molecular flexibility index (Phi) is 3.19. The number of nitrogens with zero attached hydrogens (tertiary/aromatic N) is 1. The normalized spacial score (nSPS) is 24.5. The lowest BCUT2D eigenvalue weighted by Gasteiger charge is -2.37. The first-order valence-corrected chi connectivity index (χ1v) is 6.99. The van der Waals surface area contributed by atoms with Crippen LogP contribution in [0.4, 0.5) is 0 Å². The van der Waals surface area contributed by atoms with Gasteiger partial charge in [-0.05, 0) is 43.9 Å². The van der Waals surface area contributed by atoms with Gasteiger partial charge >= 0.3 is 0 Å². The van der Waals surface area contributed by atoms with E-state index in [1.807, 2.05) is 6.07 Å². The van der Waals surface area contributed by atoms with Crippen molar-refractivity contribution in [3.8, 4) is 0 Å². The largest absolute Gasteiger partial charge is 0.360 e. The zero-order valence-corrected chi connectivity index (χ0v) is 10.5. The van der Waals surface area contributed by atoms with Gasteiger partial charge in [0.1, 0.15) is 5.76 Å². The van der Waals surface area contributed by atoms with Gasteiger partial charge in [-0.2, -0.15) is 0 Å². The van der Waals surface area contributed by atoms with Crippen LogP contribution >= 0.6 is 0 Å². The Morgan fingerprint density at radius 2 is 2.00 bits per heavy atom. The van der Waals surface area contributed by atoms with Gasteiger partial charge < -0.3 is 9.84 Å². The topological polar surface area (TPSA) is 38.1 Å². The van der Waals surface area contributed by atoms with Crippen molar-refractivity contribution >= 4 is 0 Å². The maximum atomic E-state index is 5.11. The molecule has 2 saturated carbocycles. The monoisotopic (exact) mass is 234 g/mol. The Balaban J connectivity index is 1.45. The predicted molar refractivity (Wildman–Crippen MR) is 66.5 cm³/mol. The van der Waals surface area contributed by atoms with Crippen LogP contribution in [0.2, 0.25) is 0 Å². The van der Waals surface area contributed by atoms with Gasteiger partial charge in [0.05, 0.1) is 12.7 Å². The summed E-state index contributed by atoms with van der Waals surface area (Å²) in [5, 5.41) is 7.33. The molecule has 3 heteroatoms. The van der Waals surface area contributed by atoms with Crippen molar-refractivity contribution in [2.24, 2.45) is 5.41 Å². The number of nitrogens with one attached hydrogen (secondary N) is 1. The third-order valence-corrected chi connectivity index (χ3v) is 4.77. The van der Waals surface area contributed by atoms with Crippen molar-refractivity contribution in [2.75, 3.05) is 0 Å². The van der Waals surface area contributed by atoms with E-state index in [0.717, 1.165) is 17.7 Å². The van der Waals surface area contributed by atoms with Crippen LogP contribution in [0.5, 0.6) is 0 Å². The highest BCUT2D eigenvalue weighted by Crippen LogP contribution is 2.48. The molecule has 1 aromatic heterocycles. The van der Waals surface area contributed by atoms with Gasteiger partial charge in [-0.15, -0.1) is 0 Å². The third-order valence-electron chi connectivity index (χ3n) is 4.77. The second kappa shape index (κ2) is 4.81. The highest BCUT2D eigenvalue weighted by atomic mass is 16.5. The Morgan fingerprint density at radius 1 is 1.24 bits per heavy atom. The molecule has 0 aliphatic heterocycles. The van der Waals surface area contributed by atoms with E-state index in [1.165, 1.54) is 51.4 Å². The molecule has 2 aliphatic rings. The van der Waals surface area contributed by atoms with Crippen molar-refractivity contribution in [1.29, 1.82) is 0 Å². The van der Waals surface area contributed by atoms with Crippen molar-refractivity contribution in [3.63, 3.8) is 0 Å².